The summed E-state index contributed by atoms with van der Waals surface area (Å²) in [5.74, 6) is -0.0884. The molecular formula is C21H23N3O3S2. The standard InChI is InChI=1S/C21H23N3O3S2/c1-29(26,27)23-16-8-6-7-15(13-16)14-22-20(25)19-17-9-2-3-10-18(17)28-21(19)24-11-4-5-12-24/h4-8,11-13,23H,2-3,9-10,14H2,1H3,(H,22,25). The van der Waals surface area contributed by atoms with Crippen molar-refractivity contribution in [3.05, 3.63) is 70.4 Å². The molecule has 8 heteroatoms. The minimum Gasteiger partial charge on any atom is -0.348 e. The molecule has 0 radical (unpaired) electrons. The van der Waals surface area contributed by atoms with Crippen molar-refractivity contribution in [2.75, 3.05) is 11.0 Å². The van der Waals surface area contributed by atoms with E-state index in [-0.39, 0.29) is 5.91 Å². The second-order valence-electron chi connectivity index (χ2n) is 7.24. The molecule has 1 amide bonds. The number of benzene rings is 1. The lowest BCUT2D eigenvalue weighted by Crippen LogP contribution is -2.25. The third kappa shape index (κ3) is 4.54. The maximum Gasteiger partial charge on any atom is 0.254 e. The summed E-state index contributed by atoms with van der Waals surface area (Å²) < 4.78 is 27.3. The van der Waals surface area contributed by atoms with Gasteiger partial charge in [-0.3, -0.25) is 9.52 Å². The molecule has 152 valence electrons. The zero-order valence-electron chi connectivity index (χ0n) is 16.1. The number of nitrogens with zero attached hydrogens (tertiary/aromatic N) is 1. The van der Waals surface area contributed by atoms with E-state index in [1.54, 1.807) is 29.5 Å². The molecule has 0 spiro atoms. The topological polar surface area (TPSA) is 80.2 Å². The number of thiophene rings is 1. The fourth-order valence-corrected chi connectivity index (χ4v) is 5.57. The summed E-state index contributed by atoms with van der Waals surface area (Å²) in [5, 5.41) is 3.99. The van der Waals surface area contributed by atoms with E-state index in [2.05, 4.69) is 10.0 Å². The molecule has 0 fully saturated rings. The maximum absolute atomic E-state index is 13.2. The quantitative estimate of drug-likeness (QED) is 0.627. The monoisotopic (exact) mass is 429 g/mol. The molecule has 0 aliphatic heterocycles. The number of anilines is 1. The van der Waals surface area contributed by atoms with Gasteiger partial charge in [0.05, 0.1) is 11.8 Å². The van der Waals surface area contributed by atoms with Gasteiger partial charge in [0.1, 0.15) is 5.00 Å². The number of nitrogens with one attached hydrogen (secondary N) is 2. The van der Waals surface area contributed by atoms with Crippen LogP contribution in [-0.4, -0.2) is 25.1 Å². The van der Waals surface area contributed by atoms with Gasteiger partial charge in [-0.15, -0.1) is 11.3 Å². The SMILES string of the molecule is CS(=O)(=O)Nc1cccc(CNC(=O)c2c(-n3cccc3)sc3c2CCCC3)c1. The van der Waals surface area contributed by atoms with Crippen LogP contribution >= 0.6 is 11.3 Å². The summed E-state index contributed by atoms with van der Waals surface area (Å²) in [6, 6.07) is 11.0. The molecule has 0 saturated heterocycles. The van der Waals surface area contributed by atoms with Crippen molar-refractivity contribution in [3.63, 3.8) is 0 Å². The van der Waals surface area contributed by atoms with Crippen LogP contribution in [0.25, 0.3) is 5.00 Å². The number of fused-ring (bicyclic) bond motifs is 1. The van der Waals surface area contributed by atoms with Crippen molar-refractivity contribution < 1.29 is 13.2 Å². The normalized spacial score (nSPS) is 13.7. The van der Waals surface area contributed by atoms with E-state index in [1.807, 2.05) is 35.2 Å². The van der Waals surface area contributed by atoms with E-state index < -0.39 is 10.0 Å². The number of aryl methyl sites for hydroxylation is 1. The van der Waals surface area contributed by atoms with Crippen molar-refractivity contribution in [3.8, 4) is 5.00 Å². The van der Waals surface area contributed by atoms with Crippen molar-refractivity contribution in [2.24, 2.45) is 0 Å². The number of sulfonamides is 1. The molecule has 1 aliphatic carbocycles. The molecule has 0 unspecified atom stereocenters. The first kappa shape index (κ1) is 19.7. The Labute approximate surface area is 174 Å². The van der Waals surface area contributed by atoms with Crippen molar-refractivity contribution in [1.29, 1.82) is 0 Å². The van der Waals surface area contributed by atoms with Gasteiger partial charge < -0.3 is 9.88 Å². The average Bonchev–Trinajstić information content (AvgIpc) is 3.32. The molecule has 3 aromatic rings. The summed E-state index contributed by atoms with van der Waals surface area (Å²) >= 11 is 1.70. The van der Waals surface area contributed by atoms with E-state index in [0.29, 0.717) is 12.2 Å². The first-order valence-corrected chi connectivity index (χ1v) is 12.2. The lowest BCUT2D eigenvalue weighted by molar-refractivity contribution is 0.0950. The number of rotatable bonds is 6. The molecule has 2 aromatic heterocycles. The van der Waals surface area contributed by atoms with Crippen LogP contribution in [0.15, 0.2) is 48.8 Å². The number of carbonyl (C=O) groups is 1. The minimum absolute atomic E-state index is 0.0884. The highest BCUT2D eigenvalue weighted by Gasteiger charge is 2.26. The Kier molecular flexibility index (Phi) is 5.47. The van der Waals surface area contributed by atoms with Crippen LogP contribution in [0, 0.1) is 0 Å². The molecule has 1 aliphatic rings. The number of hydrogen-bond donors (Lipinski definition) is 2. The van der Waals surface area contributed by atoms with Gasteiger partial charge in [0, 0.05) is 29.5 Å². The molecule has 0 atom stereocenters. The number of carbonyl (C=O) groups excluding carboxylic acids is 1. The van der Waals surface area contributed by atoms with Gasteiger partial charge in [-0.25, -0.2) is 8.42 Å². The first-order chi connectivity index (χ1) is 13.9. The molecule has 4 rings (SSSR count). The van der Waals surface area contributed by atoms with Gasteiger partial charge in [-0.2, -0.15) is 0 Å². The Morgan fingerprint density at radius 3 is 2.66 bits per heavy atom. The van der Waals surface area contributed by atoms with Gasteiger partial charge in [-0.05, 0) is 61.1 Å². The van der Waals surface area contributed by atoms with Gasteiger partial charge >= 0.3 is 0 Å². The van der Waals surface area contributed by atoms with Crippen molar-refractivity contribution >= 4 is 33.0 Å². The maximum atomic E-state index is 13.2. The number of hydrogen-bond acceptors (Lipinski definition) is 4. The molecule has 29 heavy (non-hydrogen) atoms. The van der Waals surface area contributed by atoms with Crippen LogP contribution < -0.4 is 10.0 Å². The van der Waals surface area contributed by atoms with Crippen LogP contribution in [-0.2, 0) is 29.4 Å². The predicted molar refractivity (Wildman–Crippen MR) is 116 cm³/mol. The Bertz CT molecular complexity index is 1130. The second kappa shape index (κ2) is 8.04. The Hall–Kier alpha value is -2.58. The summed E-state index contributed by atoms with van der Waals surface area (Å²) in [4.78, 5) is 14.5. The summed E-state index contributed by atoms with van der Waals surface area (Å²) in [6.45, 7) is 0.327. The highest BCUT2D eigenvalue weighted by molar-refractivity contribution is 7.92. The summed E-state index contributed by atoms with van der Waals surface area (Å²) in [5.41, 5.74) is 3.26. The third-order valence-electron chi connectivity index (χ3n) is 4.90. The average molecular weight is 430 g/mol. The minimum atomic E-state index is -3.34. The smallest absolute Gasteiger partial charge is 0.254 e. The fourth-order valence-electron chi connectivity index (χ4n) is 3.67. The zero-order valence-corrected chi connectivity index (χ0v) is 17.8. The van der Waals surface area contributed by atoms with Crippen LogP contribution in [0.5, 0.6) is 0 Å². The second-order valence-corrected chi connectivity index (χ2v) is 10.1. The van der Waals surface area contributed by atoms with E-state index in [1.165, 1.54) is 16.9 Å². The van der Waals surface area contributed by atoms with E-state index >= 15 is 0 Å². The zero-order chi connectivity index (χ0) is 20.4. The Morgan fingerprint density at radius 1 is 1.14 bits per heavy atom. The van der Waals surface area contributed by atoms with Gasteiger partial charge in [0.15, 0.2) is 0 Å². The van der Waals surface area contributed by atoms with Crippen LogP contribution in [0.4, 0.5) is 5.69 Å². The highest BCUT2D eigenvalue weighted by atomic mass is 32.2. The highest BCUT2D eigenvalue weighted by Crippen LogP contribution is 2.36. The van der Waals surface area contributed by atoms with E-state index in [9.17, 15) is 13.2 Å². The lowest BCUT2D eigenvalue weighted by Gasteiger charge is -2.13. The fraction of sp³-hybridized carbons (Fsp3) is 0.286. The van der Waals surface area contributed by atoms with Gasteiger partial charge in [0.2, 0.25) is 10.0 Å². The molecule has 0 saturated carbocycles. The molecule has 1 aromatic carbocycles. The van der Waals surface area contributed by atoms with Gasteiger partial charge in [-0.1, -0.05) is 12.1 Å². The summed E-state index contributed by atoms with van der Waals surface area (Å²) in [7, 11) is -3.34. The Morgan fingerprint density at radius 2 is 1.90 bits per heavy atom. The molecule has 2 heterocycles. The van der Waals surface area contributed by atoms with Gasteiger partial charge in [0.25, 0.3) is 5.91 Å². The van der Waals surface area contributed by atoms with Crippen LogP contribution in [0.3, 0.4) is 0 Å². The van der Waals surface area contributed by atoms with Crippen LogP contribution in [0.2, 0.25) is 0 Å². The lowest BCUT2D eigenvalue weighted by atomic mass is 9.95. The van der Waals surface area contributed by atoms with Crippen molar-refractivity contribution in [2.45, 2.75) is 32.2 Å². The van der Waals surface area contributed by atoms with E-state index in [4.69, 9.17) is 0 Å². The van der Waals surface area contributed by atoms with E-state index in [0.717, 1.165) is 41.6 Å². The van der Waals surface area contributed by atoms with Crippen molar-refractivity contribution in [1.82, 2.24) is 9.88 Å². The molecule has 0 bridgehead atoms. The predicted octanol–water partition coefficient (Wildman–Crippen LogP) is 3.72. The molecule has 2 N–H and O–H groups in total. The molecular weight excluding hydrogens is 406 g/mol. The largest absolute Gasteiger partial charge is 0.348 e. The molecule has 6 nitrogen and oxygen atoms in total. The number of aromatic nitrogens is 1. The number of amides is 1. The van der Waals surface area contributed by atoms with Crippen LogP contribution in [0.1, 0.15) is 39.2 Å². The third-order valence-corrected chi connectivity index (χ3v) is 6.81. The first-order valence-electron chi connectivity index (χ1n) is 9.53. The Balaban J connectivity index is 1.57. The summed E-state index contributed by atoms with van der Waals surface area (Å²) in [6.07, 6.45) is 9.28.